The number of nitrogens with zero attached hydrogens (tertiary/aromatic N) is 1. The van der Waals surface area contributed by atoms with Crippen molar-refractivity contribution in [3.8, 4) is 5.75 Å². The number of carbonyl (C=O) groups is 2. The van der Waals surface area contributed by atoms with Crippen molar-refractivity contribution in [2.75, 3.05) is 4.31 Å². The number of hydrogen-bond acceptors (Lipinski definition) is 5. The third-order valence-electron chi connectivity index (χ3n) is 5.58. The van der Waals surface area contributed by atoms with Gasteiger partial charge in [0.2, 0.25) is 0 Å². The average molecular weight is 500 g/mol. The fourth-order valence-corrected chi connectivity index (χ4v) is 5.00. The van der Waals surface area contributed by atoms with Crippen LogP contribution in [0.1, 0.15) is 46.0 Å². The molecule has 6 nitrogen and oxygen atoms in total. The fraction of sp³-hybridized carbons (Fsp3) is 0.103. The van der Waals surface area contributed by atoms with E-state index in [1.807, 2.05) is 13.8 Å². The predicted molar refractivity (Wildman–Crippen MR) is 139 cm³/mol. The quantitative estimate of drug-likeness (QED) is 0.228. The molecule has 7 heteroatoms. The summed E-state index contributed by atoms with van der Waals surface area (Å²) in [4.78, 5) is 25.8. The standard InChI is InChI=1S/C29H25NO5S/c1-21(2)22-13-19-27(20-14-22)36(33,34)30(28(31)23-9-5-3-6-10-23)25-15-17-26(18-16-25)35-29(32)24-11-7-4-8-12-24/h3-21H,1-2H3. The summed E-state index contributed by atoms with van der Waals surface area (Å²) in [5.41, 5.74) is 1.71. The van der Waals surface area contributed by atoms with E-state index in [9.17, 15) is 18.0 Å². The largest absolute Gasteiger partial charge is 0.423 e. The molecule has 0 aliphatic heterocycles. The number of sulfonamides is 1. The van der Waals surface area contributed by atoms with Crippen LogP contribution in [-0.2, 0) is 10.0 Å². The molecule has 0 aromatic heterocycles. The monoisotopic (exact) mass is 499 g/mol. The Labute approximate surface area is 210 Å². The normalized spacial score (nSPS) is 11.2. The highest BCUT2D eigenvalue weighted by molar-refractivity contribution is 7.93. The lowest BCUT2D eigenvalue weighted by atomic mass is 10.0. The molecule has 0 radical (unpaired) electrons. The van der Waals surface area contributed by atoms with Crippen LogP contribution in [0, 0.1) is 0 Å². The first-order valence-electron chi connectivity index (χ1n) is 11.4. The third-order valence-corrected chi connectivity index (χ3v) is 7.31. The van der Waals surface area contributed by atoms with E-state index in [1.165, 1.54) is 36.4 Å². The average Bonchev–Trinajstić information content (AvgIpc) is 2.90. The molecule has 0 unspecified atom stereocenters. The topological polar surface area (TPSA) is 80.8 Å². The minimum absolute atomic E-state index is 0.00392. The summed E-state index contributed by atoms with van der Waals surface area (Å²) in [6.45, 7) is 4.03. The molecule has 0 saturated carbocycles. The zero-order valence-corrected chi connectivity index (χ0v) is 20.7. The highest BCUT2D eigenvalue weighted by Gasteiger charge is 2.32. The van der Waals surface area contributed by atoms with Crippen LogP contribution in [0.2, 0.25) is 0 Å². The van der Waals surface area contributed by atoms with E-state index in [-0.39, 0.29) is 27.8 Å². The van der Waals surface area contributed by atoms with Gasteiger partial charge in [0.15, 0.2) is 0 Å². The number of anilines is 1. The maximum absolute atomic E-state index is 13.7. The number of esters is 1. The summed E-state index contributed by atoms with van der Waals surface area (Å²) >= 11 is 0. The molecule has 0 N–H and O–H groups in total. The lowest BCUT2D eigenvalue weighted by molar-refractivity contribution is 0.0734. The molecule has 0 saturated heterocycles. The number of amides is 1. The van der Waals surface area contributed by atoms with Gasteiger partial charge in [-0.25, -0.2) is 13.2 Å². The number of hydrogen-bond donors (Lipinski definition) is 0. The molecule has 36 heavy (non-hydrogen) atoms. The van der Waals surface area contributed by atoms with Crippen LogP contribution in [0.5, 0.6) is 5.75 Å². The van der Waals surface area contributed by atoms with Crippen LogP contribution < -0.4 is 9.04 Å². The number of carbonyl (C=O) groups excluding carboxylic acids is 2. The summed E-state index contributed by atoms with van der Waals surface area (Å²) in [6.07, 6.45) is 0. The van der Waals surface area contributed by atoms with E-state index < -0.39 is 21.9 Å². The van der Waals surface area contributed by atoms with Gasteiger partial charge in [0.25, 0.3) is 15.9 Å². The highest BCUT2D eigenvalue weighted by atomic mass is 32.2. The number of rotatable bonds is 7. The maximum atomic E-state index is 13.7. The smallest absolute Gasteiger partial charge is 0.343 e. The summed E-state index contributed by atoms with van der Waals surface area (Å²) in [6, 6.07) is 29.0. The van der Waals surface area contributed by atoms with Gasteiger partial charge in [0, 0.05) is 5.56 Å². The Hall–Kier alpha value is -4.23. The van der Waals surface area contributed by atoms with E-state index in [2.05, 4.69) is 0 Å². The first-order valence-corrected chi connectivity index (χ1v) is 12.8. The second-order valence-corrected chi connectivity index (χ2v) is 10.2. The van der Waals surface area contributed by atoms with Crippen molar-refractivity contribution in [1.82, 2.24) is 0 Å². The zero-order chi connectivity index (χ0) is 25.7. The molecule has 0 aliphatic carbocycles. The van der Waals surface area contributed by atoms with Crippen molar-refractivity contribution in [2.24, 2.45) is 0 Å². The molecule has 0 fully saturated rings. The summed E-state index contributed by atoms with van der Waals surface area (Å²) < 4.78 is 33.6. The first-order chi connectivity index (χ1) is 17.3. The lowest BCUT2D eigenvalue weighted by Gasteiger charge is -2.23. The minimum Gasteiger partial charge on any atom is -0.423 e. The molecule has 4 aromatic rings. The fourth-order valence-electron chi connectivity index (χ4n) is 3.58. The summed E-state index contributed by atoms with van der Waals surface area (Å²) in [5.74, 6) is -0.788. The Balaban J connectivity index is 1.69. The number of ether oxygens (including phenoxy) is 1. The van der Waals surface area contributed by atoms with Crippen molar-refractivity contribution >= 4 is 27.6 Å². The molecule has 0 aliphatic rings. The van der Waals surface area contributed by atoms with Crippen LogP contribution in [0.25, 0.3) is 0 Å². The van der Waals surface area contributed by atoms with Crippen molar-refractivity contribution < 1.29 is 22.7 Å². The second-order valence-electron chi connectivity index (χ2n) is 8.41. The number of benzene rings is 4. The van der Waals surface area contributed by atoms with Crippen molar-refractivity contribution in [3.05, 3.63) is 126 Å². The van der Waals surface area contributed by atoms with Gasteiger partial charge in [0.05, 0.1) is 16.1 Å². The Morgan fingerprint density at radius 2 is 1.22 bits per heavy atom. The molecule has 0 heterocycles. The van der Waals surface area contributed by atoms with Gasteiger partial charge in [-0.3, -0.25) is 4.79 Å². The van der Waals surface area contributed by atoms with Gasteiger partial charge < -0.3 is 4.74 Å². The second kappa shape index (κ2) is 10.6. The van der Waals surface area contributed by atoms with Crippen LogP contribution in [0.4, 0.5) is 5.69 Å². The predicted octanol–water partition coefficient (Wildman–Crippen LogP) is 6.06. The van der Waals surface area contributed by atoms with Crippen LogP contribution in [0.15, 0.2) is 114 Å². The molecule has 4 rings (SSSR count). The Morgan fingerprint density at radius 1 is 0.694 bits per heavy atom. The summed E-state index contributed by atoms with van der Waals surface area (Å²) in [7, 11) is -4.25. The van der Waals surface area contributed by atoms with E-state index in [0.29, 0.717) is 5.56 Å². The third kappa shape index (κ3) is 5.37. The van der Waals surface area contributed by atoms with Gasteiger partial charge in [-0.15, -0.1) is 0 Å². The molecule has 0 spiro atoms. The maximum Gasteiger partial charge on any atom is 0.343 e. The molecular formula is C29H25NO5S. The SMILES string of the molecule is CC(C)c1ccc(S(=O)(=O)N(C(=O)c2ccccc2)c2ccc(OC(=O)c3ccccc3)cc2)cc1. The van der Waals surface area contributed by atoms with Crippen molar-refractivity contribution in [2.45, 2.75) is 24.7 Å². The Bertz CT molecular complexity index is 1450. The van der Waals surface area contributed by atoms with Crippen molar-refractivity contribution in [3.63, 3.8) is 0 Å². The molecule has 1 amide bonds. The van der Waals surface area contributed by atoms with E-state index in [1.54, 1.807) is 72.8 Å². The lowest BCUT2D eigenvalue weighted by Crippen LogP contribution is -2.37. The molecule has 182 valence electrons. The highest BCUT2D eigenvalue weighted by Crippen LogP contribution is 2.29. The van der Waals surface area contributed by atoms with Gasteiger partial charge in [-0.05, 0) is 72.1 Å². The molecule has 0 bridgehead atoms. The summed E-state index contributed by atoms with van der Waals surface area (Å²) in [5, 5.41) is 0. The van der Waals surface area contributed by atoms with E-state index >= 15 is 0 Å². The molecular weight excluding hydrogens is 474 g/mol. The van der Waals surface area contributed by atoms with Gasteiger partial charge in [-0.2, -0.15) is 4.31 Å². The van der Waals surface area contributed by atoms with Crippen LogP contribution in [0.3, 0.4) is 0 Å². The first kappa shape index (κ1) is 24.9. The van der Waals surface area contributed by atoms with Crippen LogP contribution >= 0.6 is 0 Å². The van der Waals surface area contributed by atoms with Crippen molar-refractivity contribution in [1.29, 1.82) is 0 Å². The van der Waals surface area contributed by atoms with Gasteiger partial charge in [-0.1, -0.05) is 62.4 Å². The Morgan fingerprint density at radius 3 is 1.75 bits per heavy atom. The molecule has 4 aromatic carbocycles. The molecule has 0 atom stereocenters. The van der Waals surface area contributed by atoms with Gasteiger partial charge in [0.1, 0.15) is 5.75 Å². The zero-order valence-electron chi connectivity index (χ0n) is 19.9. The Kier molecular flexibility index (Phi) is 7.31. The van der Waals surface area contributed by atoms with E-state index in [0.717, 1.165) is 9.87 Å². The van der Waals surface area contributed by atoms with E-state index in [4.69, 9.17) is 4.74 Å². The van der Waals surface area contributed by atoms with Gasteiger partial charge >= 0.3 is 5.97 Å². The van der Waals surface area contributed by atoms with Crippen LogP contribution in [-0.4, -0.2) is 20.3 Å². The minimum atomic E-state index is -4.25.